The van der Waals surface area contributed by atoms with Gasteiger partial charge in [0.2, 0.25) is 5.91 Å². The van der Waals surface area contributed by atoms with Crippen molar-refractivity contribution in [2.24, 2.45) is 0 Å². The smallest absolute Gasteiger partial charge is 0.235 e. The van der Waals surface area contributed by atoms with Crippen molar-refractivity contribution in [1.82, 2.24) is 4.98 Å². The Morgan fingerprint density at radius 3 is 2.52 bits per heavy atom. The second kappa shape index (κ2) is 8.94. The molecule has 1 aliphatic rings. The predicted octanol–water partition coefficient (Wildman–Crippen LogP) is 4.72. The Hall–Kier alpha value is -3.12. The number of hydrogen-bond acceptors (Lipinski definition) is 5. The van der Waals surface area contributed by atoms with E-state index in [1.807, 2.05) is 62.4 Å². The molecule has 1 aliphatic heterocycles. The van der Waals surface area contributed by atoms with Gasteiger partial charge in [-0.05, 0) is 68.7 Å². The minimum Gasteiger partial charge on any atom is -0.497 e. The lowest BCUT2D eigenvalue weighted by atomic mass is 9.73. The van der Waals surface area contributed by atoms with Crippen LogP contribution in [0.25, 0.3) is 10.9 Å². The van der Waals surface area contributed by atoms with Crippen LogP contribution in [-0.4, -0.2) is 37.3 Å². The van der Waals surface area contributed by atoms with Crippen molar-refractivity contribution in [1.29, 1.82) is 0 Å². The highest BCUT2D eigenvalue weighted by Crippen LogP contribution is 2.38. The van der Waals surface area contributed by atoms with Gasteiger partial charge in [-0.3, -0.25) is 9.78 Å². The number of hydrogen-bond donors (Lipinski definition) is 1. The molecule has 2 aromatic carbocycles. The third kappa shape index (κ3) is 4.21. The number of anilines is 1. The van der Waals surface area contributed by atoms with E-state index in [9.17, 15) is 4.79 Å². The number of ether oxygens (including phenoxy) is 3. The number of amides is 1. The van der Waals surface area contributed by atoms with E-state index in [-0.39, 0.29) is 12.0 Å². The molecular weight excluding hydrogens is 392 g/mol. The summed E-state index contributed by atoms with van der Waals surface area (Å²) >= 11 is 0. The van der Waals surface area contributed by atoms with Gasteiger partial charge in [-0.25, -0.2) is 0 Å². The number of nitrogens with one attached hydrogen (secondary N) is 1. The average molecular weight is 421 g/mol. The van der Waals surface area contributed by atoms with E-state index in [0.29, 0.717) is 31.8 Å². The van der Waals surface area contributed by atoms with Crippen LogP contribution in [0, 0.1) is 0 Å². The first-order valence-electron chi connectivity index (χ1n) is 10.6. The maximum atomic E-state index is 13.7. The predicted molar refractivity (Wildman–Crippen MR) is 121 cm³/mol. The molecule has 1 aromatic heterocycles. The van der Waals surface area contributed by atoms with Gasteiger partial charge in [0, 0.05) is 24.8 Å². The third-order valence-electron chi connectivity index (χ3n) is 5.77. The number of rotatable bonds is 6. The number of carbonyl (C=O) groups excluding carboxylic acids is 1. The SMILES string of the molecule is COc1ccc(C2(C(=O)Nc3ccc(OC(C)C)c4ncccc34)CCOCC2)cc1. The molecule has 2 heterocycles. The lowest BCUT2D eigenvalue weighted by molar-refractivity contribution is -0.125. The van der Waals surface area contributed by atoms with Gasteiger partial charge in [0.15, 0.2) is 0 Å². The molecule has 1 fully saturated rings. The van der Waals surface area contributed by atoms with Crippen LogP contribution in [-0.2, 0) is 14.9 Å². The monoisotopic (exact) mass is 420 g/mol. The highest BCUT2D eigenvalue weighted by atomic mass is 16.5. The molecule has 1 saturated heterocycles. The van der Waals surface area contributed by atoms with Gasteiger partial charge in [-0.15, -0.1) is 0 Å². The second-order valence-electron chi connectivity index (χ2n) is 8.05. The first-order valence-corrected chi connectivity index (χ1v) is 10.6. The summed E-state index contributed by atoms with van der Waals surface area (Å²) in [5.41, 5.74) is 1.77. The van der Waals surface area contributed by atoms with Gasteiger partial charge in [-0.1, -0.05) is 12.1 Å². The molecule has 0 unspecified atom stereocenters. The maximum Gasteiger partial charge on any atom is 0.235 e. The van der Waals surface area contributed by atoms with E-state index in [0.717, 1.165) is 27.9 Å². The fourth-order valence-corrected chi connectivity index (χ4v) is 4.12. The molecule has 0 saturated carbocycles. The van der Waals surface area contributed by atoms with Crippen LogP contribution in [0.15, 0.2) is 54.7 Å². The molecule has 0 aliphatic carbocycles. The van der Waals surface area contributed by atoms with Gasteiger partial charge in [0.05, 0.1) is 24.3 Å². The van der Waals surface area contributed by atoms with Gasteiger partial charge in [0.1, 0.15) is 17.0 Å². The van der Waals surface area contributed by atoms with Crippen molar-refractivity contribution >= 4 is 22.5 Å². The average Bonchev–Trinajstić information content (AvgIpc) is 2.81. The summed E-state index contributed by atoms with van der Waals surface area (Å²) in [7, 11) is 1.64. The van der Waals surface area contributed by atoms with E-state index in [4.69, 9.17) is 14.2 Å². The molecule has 1 amide bonds. The number of nitrogens with zero attached hydrogens (tertiary/aromatic N) is 1. The number of carbonyl (C=O) groups is 1. The Morgan fingerprint density at radius 1 is 1.10 bits per heavy atom. The Balaban J connectivity index is 1.70. The van der Waals surface area contributed by atoms with E-state index in [2.05, 4.69) is 10.3 Å². The number of fused-ring (bicyclic) bond motifs is 1. The van der Waals surface area contributed by atoms with Crippen molar-refractivity contribution in [2.75, 3.05) is 25.6 Å². The molecule has 6 heteroatoms. The summed E-state index contributed by atoms with van der Waals surface area (Å²) in [6, 6.07) is 15.3. The van der Waals surface area contributed by atoms with Gasteiger partial charge >= 0.3 is 0 Å². The summed E-state index contributed by atoms with van der Waals surface area (Å²) < 4.78 is 16.8. The molecule has 6 nitrogen and oxygen atoms in total. The summed E-state index contributed by atoms with van der Waals surface area (Å²) in [5, 5.41) is 4.03. The molecule has 0 atom stereocenters. The first-order chi connectivity index (χ1) is 15.0. The van der Waals surface area contributed by atoms with Crippen molar-refractivity contribution in [3.05, 3.63) is 60.3 Å². The standard InChI is InChI=1S/C25H28N2O4/c1-17(2)31-22-11-10-21(20-5-4-14-26-23(20)22)27-24(28)25(12-15-30-16-13-25)18-6-8-19(29-3)9-7-18/h4-11,14,17H,12-13,15-16H2,1-3H3,(H,27,28). The number of benzene rings is 2. The topological polar surface area (TPSA) is 69.7 Å². The fourth-order valence-electron chi connectivity index (χ4n) is 4.12. The summed E-state index contributed by atoms with van der Waals surface area (Å²) in [4.78, 5) is 18.2. The van der Waals surface area contributed by atoms with Crippen molar-refractivity contribution in [2.45, 2.75) is 38.2 Å². The minimum atomic E-state index is -0.661. The van der Waals surface area contributed by atoms with Crippen LogP contribution in [0.3, 0.4) is 0 Å². The lowest BCUT2D eigenvalue weighted by Crippen LogP contribution is -2.44. The summed E-state index contributed by atoms with van der Waals surface area (Å²) in [6.45, 7) is 5.05. The van der Waals surface area contributed by atoms with Gasteiger partial charge in [-0.2, -0.15) is 0 Å². The highest BCUT2D eigenvalue weighted by Gasteiger charge is 2.42. The van der Waals surface area contributed by atoms with E-state index >= 15 is 0 Å². The largest absolute Gasteiger partial charge is 0.497 e. The third-order valence-corrected chi connectivity index (χ3v) is 5.77. The van der Waals surface area contributed by atoms with Crippen LogP contribution in [0.1, 0.15) is 32.3 Å². The summed E-state index contributed by atoms with van der Waals surface area (Å²) in [6.07, 6.45) is 3.01. The van der Waals surface area contributed by atoms with Crippen molar-refractivity contribution in [3.63, 3.8) is 0 Å². The van der Waals surface area contributed by atoms with E-state index in [1.54, 1.807) is 13.3 Å². The number of methoxy groups -OCH3 is 1. The maximum absolute atomic E-state index is 13.7. The van der Waals surface area contributed by atoms with Crippen LogP contribution in [0.2, 0.25) is 0 Å². The Morgan fingerprint density at radius 2 is 1.84 bits per heavy atom. The quantitative estimate of drug-likeness (QED) is 0.625. The van der Waals surface area contributed by atoms with Gasteiger partial charge < -0.3 is 19.5 Å². The molecular formula is C25H28N2O4. The van der Waals surface area contributed by atoms with Crippen LogP contribution < -0.4 is 14.8 Å². The van der Waals surface area contributed by atoms with Crippen molar-refractivity contribution in [3.8, 4) is 11.5 Å². The highest BCUT2D eigenvalue weighted by molar-refractivity contribution is 6.06. The molecule has 0 spiro atoms. The number of pyridine rings is 1. The zero-order valence-corrected chi connectivity index (χ0v) is 18.2. The van der Waals surface area contributed by atoms with Crippen LogP contribution in [0.5, 0.6) is 11.5 Å². The van der Waals surface area contributed by atoms with E-state index in [1.165, 1.54) is 0 Å². The zero-order chi connectivity index (χ0) is 21.8. The molecule has 1 N–H and O–H groups in total. The molecule has 3 aromatic rings. The lowest BCUT2D eigenvalue weighted by Gasteiger charge is -2.36. The Labute approximate surface area is 182 Å². The first kappa shape index (κ1) is 21.1. The second-order valence-corrected chi connectivity index (χ2v) is 8.05. The minimum absolute atomic E-state index is 0.0335. The van der Waals surface area contributed by atoms with E-state index < -0.39 is 5.41 Å². The fraction of sp³-hybridized carbons (Fsp3) is 0.360. The summed E-state index contributed by atoms with van der Waals surface area (Å²) in [5.74, 6) is 1.44. The molecule has 162 valence electrons. The van der Waals surface area contributed by atoms with Crippen molar-refractivity contribution < 1.29 is 19.0 Å². The number of aromatic nitrogens is 1. The molecule has 0 bridgehead atoms. The molecule has 0 radical (unpaired) electrons. The normalized spacial score (nSPS) is 15.6. The van der Waals surface area contributed by atoms with Gasteiger partial charge in [0.25, 0.3) is 0 Å². The molecule has 31 heavy (non-hydrogen) atoms. The Bertz CT molecular complexity index is 1060. The molecule has 4 rings (SSSR count). The van der Waals surface area contributed by atoms with Crippen LogP contribution >= 0.6 is 0 Å². The van der Waals surface area contributed by atoms with Crippen LogP contribution in [0.4, 0.5) is 5.69 Å². The zero-order valence-electron chi connectivity index (χ0n) is 18.2. The Kier molecular flexibility index (Phi) is 6.09.